The van der Waals surface area contributed by atoms with Crippen LogP contribution in [0.3, 0.4) is 0 Å². The Hall–Kier alpha value is -2.08. The van der Waals surface area contributed by atoms with Gasteiger partial charge in [-0.1, -0.05) is 35.3 Å². The van der Waals surface area contributed by atoms with Gasteiger partial charge < -0.3 is 10.6 Å². The fourth-order valence-corrected chi connectivity index (χ4v) is 3.02. The molecule has 2 rings (SSSR count). The molecule has 2 aromatic carbocycles. The number of hydrogen-bond acceptors (Lipinski definition) is 3. The minimum absolute atomic E-state index is 0.0816. The van der Waals surface area contributed by atoms with Gasteiger partial charge >= 0.3 is 0 Å². The van der Waals surface area contributed by atoms with Crippen molar-refractivity contribution < 1.29 is 9.59 Å². The maximum absolute atomic E-state index is 12.4. The zero-order valence-corrected chi connectivity index (χ0v) is 17.3. The average molecular weight is 408 g/mol. The molecule has 7 heteroatoms. The number of nitrogens with zero attached hydrogens (tertiary/aromatic N) is 1. The third kappa shape index (κ3) is 6.24. The molecular formula is C20H23Cl2N3O2. The first kappa shape index (κ1) is 21.2. The molecule has 0 aromatic heterocycles. The number of aryl methyl sites for hydroxylation is 2. The van der Waals surface area contributed by atoms with Gasteiger partial charge in [0.15, 0.2) is 0 Å². The van der Waals surface area contributed by atoms with Gasteiger partial charge in [0, 0.05) is 21.4 Å². The number of carbonyl (C=O) groups is 2. The lowest BCUT2D eigenvalue weighted by atomic mass is 10.1. The SMILES string of the molecule is Cc1ccc(C)c(NC(=O)CN(C)[C@@H](C)C(=O)Nc2cc(Cl)cc(Cl)c2)c1. The first-order valence-electron chi connectivity index (χ1n) is 8.50. The molecule has 0 radical (unpaired) electrons. The number of likely N-dealkylation sites (N-methyl/N-ethyl adjacent to an activating group) is 1. The van der Waals surface area contributed by atoms with E-state index >= 15 is 0 Å². The number of anilines is 2. The third-order valence-electron chi connectivity index (χ3n) is 4.23. The molecule has 1 atom stereocenters. The van der Waals surface area contributed by atoms with E-state index < -0.39 is 6.04 Å². The molecule has 2 amide bonds. The lowest BCUT2D eigenvalue weighted by Crippen LogP contribution is -2.43. The zero-order chi connectivity index (χ0) is 20.1. The van der Waals surface area contributed by atoms with Gasteiger partial charge in [-0.15, -0.1) is 0 Å². The lowest BCUT2D eigenvalue weighted by Gasteiger charge is -2.23. The Morgan fingerprint density at radius 2 is 1.67 bits per heavy atom. The van der Waals surface area contributed by atoms with E-state index in [4.69, 9.17) is 23.2 Å². The summed E-state index contributed by atoms with van der Waals surface area (Å²) in [7, 11) is 1.72. The van der Waals surface area contributed by atoms with Gasteiger partial charge in [-0.25, -0.2) is 0 Å². The standard InChI is InChI=1S/C20H23Cl2N3O2/c1-12-5-6-13(2)18(7-12)24-19(26)11-25(4)14(3)20(27)23-17-9-15(21)8-16(22)10-17/h5-10,14H,11H2,1-4H3,(H,23,27)(H,24,26)/t14-/m0/s1. The number of amides is 2. The summed E-state index contributed by atoms with van der Waals surface area (Å²) in [5.74, 6) is -0.438. The Balaban J connectivity index is 1.95. The molecule has 0 saturated heterocycles. The first-order valence-corrected chi connectivity index (χ1v) is 9.25. The van der Waals surface area contributed by atoms with E-state index in [1.54, 1.807) is 37.1 Å². The Kier molecular flexibility index (Phi) is 7.25. The fraction of sp³-hybridized carbons (Fsp3) is 0.300. The van der Waals surface area contributed by atoms with Crippen LogP contribution in [0.1, 0.15) is 18.1 Å². The van der Waals surface area contributed by atoms with Crippen LogP contribution in [-0.4, -0.2) is 36.3 Å². The molecule has 0 aliphatic heterocycles. The summed E-state index contributed by atoms with van der Waals surface area (Å²) in [5.41, 5.74) is 3.34. The van der Waals surface area contributed by atoms with Crippen molar-refractivity contribution in [1.82, 2.24) is 4.90 Å². The van der Waals surface area contributed by atoms with E-state index in [0.717, 1.165) is 16.8 Å². The van der Waals surface area contributed by atoms with Crippen molar-refractivity contribution in [3.63, 3.8) is 0 Å². The third-order valence-corrected chi connectivity index (χ3v) is 4.67. The van der Waals surface area contributed by atoms with Crippen molar-refractivity contribution in [2.45, 2.75) is 26.8 Å². The smallest absolute Gasteiger partial charge is 0.241 e. The monoisotopic (exact) mass is 407 g/mol. The molecule has 0 fully saturated rings. The predicted octanol–water partition coefficient (Wildman–Crippen LogP) is 4.51. The molecule has 0 spiro atoms. The molecular weight excluding hydrogens is 385 g/mol. The summed E-state index contributed by atoms with van der Waals surface area (Å²) in [6.45, 7) is 5.71. The lowest BCUT2D eigenvalue weighted by molar-refractivity contribution is -0.122. The summed E-state index contributed by atoms with van der Waals surface area (Å²) in [6.07, 6.45) is 0. The Bertz CT molecular complexity index is 835. The highest BCUT2D eigenvalue weighted by molar-refractivity contribution is 6.35. The number of hydrogen-bond donors (Lipinski definition) is 2. The van der Waals surface area contributed by atoms with Crippen LogP contribution in [0.4, 0.5) is 11.4 Å². The largest absolute Gasteiger partial charge is 0.325 e. The summed E-state index contributed by atoms with van der Waals surface area (Å²) in [6, 6.07) is 10.2. The molecule has 2 aromatic rings. The van der Waals surface area contributed by atoms with Crippen molar-refractivity contribution in [3.8, 4) is 0 Å². The normalized spacial score (nSPS) is 12.0. The van der Waals surface area contributed by atoms with E-state index in [9.17, 15) is 9.59 Å². The van der Waals surface area contributed by atoms with E-state index in [1.165, 1.54) is 0 Å². The highest BCUT2D eigenvalue weighted by Crippen LogP contribution is 2.22. The Morgan fingerprint density at radius 1 is 1.04 bits per heavy atom. The van der Waals surface area contributed by atoms with Gasteiger partial charge in [-0.3, -0.25) is 14.5 Å². The summed E-state index contributed by atoms with van der Waals surface area (Å²) < 4.78 is 0. The average Bonchev–Trinajstić information content (AvgIpc) is 2.56. The van der Waals surface area contributed by atoms with Crippen LogP contribution in [0.15, 0.2) is 36.4 Å². The first-order chi connectivity index (χ1) is 12.7. The van der Waals surface area contributed by atoms with Gasteiger partial charge in [-0.05, 0) is 63.2 Å². The van der Waals surface area contributed by atoms with Gasteiger partial charge in [0.1, 0.15) is 0 Å². The van der Waals surface area contributed by atoms with Crippen molar-refractivity contribution in [2.75, 3.05) is 24.2 Å². The second-order valence-electron chi connectivity index (χ2n) is 6.61. The van der Waals surface area contributed by atoms with E-state index in [2.05, 4.69) is 10.6 Å². The zero-order valence-electron chi connectivity index (χ0n) is 15.8. The molecule has 2 N–H and O–H groups in total. The molecule has 0 heterocycles. The van der Waals surface area contributed by atoms with Crippen molar-refractivity contribution >= 4 is 46.4 Å². The number of nitrogens with one attached hydrogen (secondary N) is 2. The highest BCUT2D eigenvalue weighted by Gasteiger charge is 2.20. The summed E-state index contributed by atoms with van der Waals surface area (Å²) in [4.78, 5) is 26.5. The maximum atomic E-state index is 12.4. The van der Waals surface area contributed by atoms with Crippen LogP contribution < -0.4 is 10.6 Å². The molecule has 0 bridgehead atoms. The van der Waals surface area contributed by atoms with Crippen LogP contribution in [0.25, 0.3) is 0 Å². The van der Waals surface area contributed by atoms with Crippen LogP contribution in [0.2, 0.25) is 10.0 Å². The second kappa shape index (κ2) is 9.22. The number of halogens is 2. The quantitative estimate of drug-likeness (QED) is 0.740. The van der Waals surface area contributed by atoms with Crippen molar-refractivity contribution in [2.24, 2.45) is 0 Å². The molecule has 0 aliphatic carbocycles. The molecule has 5 nitrogen and oxygen atoms in total. The van der Waals surface area contributed by atoms with Gasteiger partial charge in [0.25, 0.3) is 0 Å². The van der Waals surface area contributed by atoms with Gasteiger partial charge in [0.2, 0.25) is 11.8 Å². The van der Waals surface area contributed by atoms with Crippen LogP contribution >= 0.6 is 23.2 Å². The van der Waals surface area contributed by atoms with E-state index in [1.807, 2.05) is 32.0 Å². The number of carbonyl (C=O) groups excluding carboxylic acids is 2. The van der Waals surface area contributed by atoms with Crippen LogP contribution in [0, 0.1) is 13.8 Å². The molecule has 144 valence electrons. The van der Waals surface area contributed by atoms with Crippen LogP contribution in [-0.2, 0) is 9.59 Å². The molecule has 0 aliphatic rings. The fourth-order valence-electron chi connectivity index (χ4n) is 2.50. The molecule has 0 unspecified atom stereocenters. The number of benzene rings is 2. The molecule has 0 saturated carbocycles. The van der Waals surface area contributed by atoms with E-state index in [-0.39, 0.29) is 18.4 Å². The summed E-state index contributed by atoms with van der Waals surface area (Å²) >= 11 is 11.9. The minimum Gasteiger partial charge on any atom is -0.325 e. The predicted molar refractivity (Wildman–Crippen MR) is 112 cm³/mol. The van der Waals surface area contributed by atoms with Crippen molar-refractivity contribution in [1.29, 1.82) is 0 Å². The topological polar surface area (TPSA) is 61.4 Å². The Morgan fingerprint density at radius 3 is 2.30 bits per heavy atom. The van der Waals surface area contributed by atoms with Gasteiger partial charge in [-0.2, -0.15) is 0 Å². The maximum Gasteiger partial charge on any atom is 0.241 e. The molecule has 27 heavy (non-hydrogen) atoms. The summed E-state index contributed by atoms with van der Waals surface area (Å²) in [5, 5.41) is 6.53. The second-order valence-corrected chi connectivity index (χ2v) is 7.48. The Labute approximate surface area is 169 Å². The number of rotatable bonds is 6. The minimum atomic E-state index is -0.521. The van der Waals surface area contributed by atoms with E-state index in [0.29, 0.717) is 15.7 Å². The van der Waals surface area contributed by atoms with Crippen molar-refractivity contribution in [3.05, 3.63) is 57.6 Å². The van der Waals surface area contributed by atoms with Crippen LogP contribution in [0.5, 0.6) is 0 Å². The van der Waals surface area contributed by atoms with Gasteiger partial charge in [0.05, 0.1) is 12.6 Å². The highest BCUT2D eigenvalue weighted by atomic mass is 35.5.